The van der Waals surface area contributed by atoms with E-state index in [0.29, 0.717) is 0 Å². The summed E-state index contributed by atoms with van der Waals surface area (Å²) in [5.74, 6) is 2.90. The van der Waals surface area contributed by atoms with Crippen LogP contribution in [0.3, 0.4) is 0 Å². The average Bonchev–Trinajstić information content (AvgIpc) is 1.96. The van der Waals surface area contributed by atoms with E-state index >= 15 is 0 Å². The summed E-state index contributed by atoms with van der Waals surface area (Å²) in [6, 6.07) is 0. The van der Waals surface area contributed by atoms with Gasteiger partial charge >= 0.3 is 0 Å². The van der Waals surface area contributed by atoms with Crippen molar-refractivity contribution in [2.75, 3.05) is 0 Å². The van der Waals surface area contributed by atoms with Crippen LogP contribution >= 0.6 is 0 Å². The van der Waals surface area contributed by atoms with Crippen LogP contribution in [-0.4, -0.2) is 0 Å². The largest absolute Gasteiger partial charge is 0.0993 e. The third-order valence-electron chi connectivity index (χ3n) is 4.54. The second-order valence-electron chi connectivity index (χ2n) is 5.73. The van der Waals surface area contributed by atoms with Crippen molar-refractivity contribution in [2.24, 2.45) is 23.2 Å². The molecule has 4 atom stereocenters. The summed E-state index contributed by atoms with van der Waals surface area (Å²) in [6.45, 7) is 6.79. The summed E-state index contributed by atoms with van der Waals surface area (Å²) >= 11 is 0. The number of allylic oxidation sites excluding steroid dienone is 1. The molecule has 0 heterocycles. The number of hydrogen-bond donors (Lipinski definition) is 0. The van der Waals surface area contributed by atoms with E-state index in [2.05, 4.69) is 13.5 Å². The van der Waals surface area contributed by atoms with Gasteiger partial charge < -0.3 is 0 Å². The highest BCUT2D eigenvalue weighted by molar-refractivity contribution is 5.19. The van der Waals surface area contributed by atoms with Gasteiger partial charge in [-0.25, -0.2) is 0 Å². The molecule has 0 aromatic rings. The van der Waals surface area contributed by atoms with Gasteiger partial charge in [0.2, 0.25) is 0 Å². The molecule has 4 rings (SSSR count). The normalized spacial score (nSPS) is 56.4. The lowest BCUT2D eigenvalue weighted by Gasteiger charge is -2.56. The van der Waals surface area contributed by atoms with Gasteiger partial charge in [0, 0.05) is 0 Å². The molecular weight excluding hydrogens is 144 g/mol. The summed E-state index contributed by atoms with van der Waals surface area (Å²) < 4.78 is 0. The molecule has 0 saturated heterocycles. The van der Waals surface area contributed by atoms with Crippen molar-refractivity contribution < 1.29 is 0 Å². The second kappa shape index (κ2) is 1.97. The van der Waals surface area contributed by atoms with Crippen molar-refractivity contribution in [1.29, 1.82) is 0 Å². The molecule has 4 aliphatic rings. The maximum Gasteiger partial charge on any atom is -0.0195 e. The topological polar surface area (TPSA) is 0 Å². The molecule has 2 unspecified atom stereocenters. The van der Waals surface area contributed by atoms with Crippen molar-refractivity contribution >= 4 is 0 Å². The van der Waals surface area contributed by atoms with E-state index < -0.39 is 0 Å². The monoisotopic (exact) mass is 162 g/mol. The molecule has 0 radical (unpaired) electrons. The molecular formula is C12H18. The first kappa shape index (κ1) is 7.17. The van der Waals surface area contributed by atoms with Gasteiger partial charge in [-0.15, -0.1) is 0 Å². The first-order valence-electron chi connectivity index (χ1n) is 5.35. The van der Waals surface area contributed by atoms with Crippen molar-refractivity contribution in [3.63, 3.8) is 0 Å². The fourth-order valence-electron chi connectivity index (χ4n) is 4.27. The Morgan fingerprint density at radius 1 is 1.17 bits per heavy atom. The van der Waals surface area contributed by atoms with Gasteiger partial charge in [0.15, 0.2) is 0 Å². The summed E-state index contributed by atoms with van der Waals surface area (Å²) in [5, 5.41) is 0. The van der Waals surface area contributed by atoms with Crippen LogP contribution < -0.4 is 0 Å². The van der Waals surface area contributed by atoms with Gasteiger partial charge in [0.1, 0.15) is 0 Å². The maximum atomic E-state index is 4.28. The Labute approximate surface area is 75.0 Å². The molecule has 4 aliphatic carbocycles. The SMILES string of the molecule is C=C1[C@@H]2CC3C[C@H]1CC(C)(C3)C2. The zero-order valence-electron chi connectivity index (χ0n) is 7.97. The van der Waals surface area contributed by atoms with Crippen LogP contribution in [0, 0.1) is 23.2 Å². The Balaban J connectivity index is 2.00. The highest BCUT2D eigenvalue weighted by atomic mass is 14.5. The van der Waals surface area contributed by atoms with Crippen LogP contribution in [0.1, 0.15) is 39.0 Å². The minimum atomic E-state index is 0.720. The highest BCUT2D eigenvalue weighted by Gasteiger charge is 2.49. The van der Waals surface area contributed by atoms with Gasteiger partial charge in [-0.05, 0) is 55.3 Å². The van der Waals surface area contributed by atoms with Gasteiger partial charge in [0.05, 0.1) is 0 Å². The predicted molar refractivity (Wildman–Crippen MR) is 50.8 cm³/mol. The van der Waals surface area contributed by atoms with E-state index in [1.165, 1.54) is 32.1 Å². The molecule has 0 aromatic carbocycles. The summed E-state index contributed by atoms with van der Waals surface area (Å²) in [5.41, 5.74) is 2.33. The standard InChI is InChI=1S/C12H18/c1-8-10-3-9-4-11(8)7-12(2,5-9)6-10/h9-11H,1,3-7H2,2H3/t9?,10-,11+,12?. The maximum absolute atomic E-state index is 4.28. The second-order valence-corrected chi connectivity index (χ2v) is 5.73. The molecule has 0 amide bonds. The van der Waals surface area contributed by atoms with Crippen LogP contribution in [0.25, 0.3) is 0 Å². The minimum absolute atomic E-state index is 0.720. The van der Waals surface area contributed by atoms with Crippen molar-refractivity contribution in [3.8, 4) is 0 Å². The van der Waals surface area contributed by atoms with Crippen LogP contribution in [0.5, 0.6) is 0 Å². The molecule has 4 bridgehead atoms. The predicted octanol–water partition coefficient (Wildman–Crippen LogP) is 3.39. The molecule has 0 nitrogen and oxygen atoms in total. The van der Waals surface area contributed by atoms with E-state index in [0.717, 1.165) is 23.2 Å². The lowest BCUT2D eigenvalue weighted by Crippen LogP contribution is -2.45. The van der Waals surface area contributed by atoms with Crippen LogP contribution in [0.4, 0.5) is 0 Å². The Bertz CT molecular complexity index is 220. The number of hydrogen-bond acceptors (Lipinski definition) is 0. The first-order valence-corrected chi connectivity index (χ1v) is 5.35. The molecule has 4 fully saturated rings. The quantitative estimate of drug-likeness (QED) is 0.479. The molecule has 66 valence electrons. The zero-order chi connectivity index (χ0) is 8.34. The summed E-state index contributed by atoms with van der Waals surface area (Å²) in [4.78, 5) is 0. The third-order valence-corrected chi connectivity index (χ3v) is 4.54. The minimum Gasteiger partial charge on any atom is -0.0993 e. The van der Waals surface area contributed by atoms with Crippen molar-refractivity contribution in [3.05, 3.63) is 12.2 Å². The molecule has 12 heavy (non-hydrogen) atoms. The van der Waals surface area contributed by atoms with Crippen LogP contribution in [0.2, 0.25) is 0 Å². The van der Waals surface area contributed by atoms with E-state index in [4.69, 9.17) is 0 Å². The van der Waals surface area contributed by atoms with Crippen LogP contribution in [-0.2, 0) is 0 Å². The molecule has 0 aromatic heterocycles. The van der Waals surface area contributed by atoms with E-state index in [-0.39, 0.29) is 0 Å². The Hall–Kier alpha value is -0.260. The van der Waals surface area contributed by atoms with E-state index in [1.54, 1.807) is 5.57 Å². The molecule has 0 spiro atoms. The lowest BCUT2D eigenvalue weighted by atomic mass is 9.49. The summed E-state index contributed by atoms with van der Waals surface area (Å²) in [7, 11) is 0. The average molecular weight is 162 g/mol. The van der Waals surface area contributed by atoms with Gasteiger partial charge in [-0.3, -0.25) is 0 Å². The lowest BCUT2D eigenvalue weighted by molar-refractivity contribution is -0.000344. The fraction of sp³-hybridized carbons (Fsp3) is 0.833. The molecule has 0 heteroatoms. The Morgan fingerprint density at radius 3 is 2.25 bits per heavy atom. The van der Waals surface area contributed by atoms with E-state index in [1.807, 2.05) is 0 Å². The number of rotatable bonds is 0. The van der Waals surface area contributed by atoms with Crippen molar-refractivity contribution in [2.45, 2.75) is 39.0 Å². The van der Waals surface area contributed by atoms with Crippen molar-refractivity contribution in [1.82, 2.24) is 0 Å². The van der Waals surface area contributed by atoms with Gasteiger partial charge in [0.25, 0.3) is 0 Å². The highest BCUT2D eigenvalue weighted by Crippen LogP contribution is 2.61. The third kappa shape index (κ3) is 0.787. The smallest absolute Gasteiger partial charge is 0.0195 e. The zero-order valence-corrected chi connectivity index (χ0v) is 7.97. The van der Waals surface area contributed by atoms with Gasteiger partial charge in [-0.2, -0.15) is 0 Å². The van der Waals surface area contributed by atoms with E-state index in [9.17, 15) is 0 Å². The molecule has 0 N–H and O–H groups in total. The Kier molecular flexibility index (Phi) is 1.18. The van der Waals surface area contributed by atoms with Crippen LogP contribution in [0.15, 0.2) is 12.2 Å². The molecule has 0 aliphatic heterocycles. The summed E-state index contributed by atoms with van der Waals surface area (Å²) in [6.07, 6.45) is 7.39. The Morgan fingerprint density at radius 2 is 1.75 bits per heavy atom. The molecule has 4 saturated carbocycles. The van der Waals surface area contributed by atoms with Gasteiger partial charge in [-0.1, -0.05) is 19.1 Å². The fourth-order valence-corrected chi connectivity index (χ4v) is 4.27. The first-order chi connectivity index (χ1) is 5.66.